The third-order valence-corrected chi connectivity index (χ3v) is 7.79. The van der Waals surface area contributed by atoms with Crippen LogP contribution >= 0.6 is 23.2 Å². The van der Waals surface area contributed by atoms with Gasteiger partial charge in [-0.15, -0.1) is 0 Å². The Balaban J connectivity index is 2.06. The molecule has 2 aliphatic heterocycles. The maximum atomic E-state index is 13.5. The van der Waals surface area contributed by atoms with Gasteiger partial charge >= 0.3 is 0 Å². The molecule has 1 aromatic rings. The minimum absolute atomic E-state index is 0.0600. The van der Waals surface area contributed by atoms with E-state index in [1.807, 2.05) is 0 Å². The first-order valence-electron chi connectivity index (χ1n) is 9.29. The molecule has 0 aromatic heterocycles. The zero-order chi connectivity index (χ0) is 20.5. The number of benzene rings is 1. The quantitative estimate of drug-likeness (QED) is 0.687. The number of piperidine rings is 1. The van der Waals surface area contributed by atoms with Crippen LogP contribution in [0, 0.1) is 5.92 Å². The van der Waals surface area contributed by atoms with E-state index in [4.69, 9.17) is 28.3 Å². The minimum Gasteiger partial charge on any atom is -0.396 e. The van der Waals surface area contributed by atoms with Gasteiger partial charge in [0.1, 0.15) is 6.04 Å². The zero-order valence-electron chi connectivity index (χ0n) is 15.3. The largest absolute Gasteiger partial charge is 0.396 e. The highest BCUT2D eigenvalue weighted by molar-refractivity contribution is 7.89. The second-order valence-corrected chi connectivity index (χ2v) is 9.97. The Kier molecular flexibility index (Phi) is 6.89. The number of hydrogen-bond donors (Lipinski definition) is 2. The molecule has 10 heteroatoms. The number of fused-ring (bicyclic) bond motifs is 2. The maximum absolute atomic E-state index is 13.5. The highest BCUT2D eigenvalue weighted by Crippen LogP contribution is 2.38. The van der Waals surface area contributed by atoms with Crippen LogP contribution < -0.4 is 0 Å². The van der Waals surface area contributed by atoms with Crippen molar-refractivity contribution in [2.24, 2.45) is 5.92 Å². The Hall–Kier alpha value is -0.900. The number of halogens is 2. The van der Waals surface area contributed by atoms with Crippen LogP contribution in [0.15, 0.2) is 23.1 Å². The Morgan fingerprint density at radius 1 is 1.11 bits per heavy atom. The van der Waals surface area contributed by atoms with E-state index in [-0.39, 0.29) is 40.6 Å². The summed E-state index contributed by atoms with van der Waals surface area (Å²) >= 11 is 12.0. The number of aliphatic hydroxyl groups is 2. The topological polar surface area (TPSA) is 98.1 Å². The molecule has 0 radical (unpaired) electrons. The fourth-order valence-electron chi connectivity index (χ4n) is 4.17. The van der Waals surface area contributed by atoms with E-state index >= 15 is 0 Å². The van der Waals surface area contributed by atoms with Gasteiger partial charge in [0.15, 0.2) is 0 Å². The number of nitrogens with zero attached hydrogens (tertiary/aromatic N) is 2. The normalized spacial score (nSPS) is 26.4. The van der Waals surface area contributed by atoms with Gasteiger partial charge in [-0.25, -0.2) is 8.42 Å². The summed E-state index contributed by atoms with van der Waals surface area (Å²) in [6.45, 7) is 0.290. The summed E-state index contributed by atoms with van der Waals surface area (Å²) < 4.78 is 28.3. The van der Waals surface area contributed by atoms with Crippen LogP contribution in [0.4, 0.5) is 0 Å². The molecule has 156 valence electrons. The number of carbonyl (C=O) groups is 1. The minimum atomic E-state index is -4.05. The molecule has 28 heavy (non-hydrogen) atoms. The van der Waals surface area contributed by atoms with Crippen LogP contribution in [0.25, 0.3) is 0 Å². The predicted molar refractivity (Wildman–Crippen MR) is 106 cm³/mol. The van der Waals surface area contributed by atoms with E-state index in [2.05, 4.69) is 0 Å². The SMILES string of the molecule is O=C1[C@@H]2CCC[C@H]([C@H](CO)CN1CCCO)N2S(=O)(=O)c1cc(Cl)cc(Cl)c1. The molecule has 2 saturated heterocycles. The summed E-state index contributed by atoms with van der Waals surface area (Å²) in [6.07, 6.45) is 2.08. The van der Waals surface area contributed by atoms with Gasteiger partial charge in [-0.3, -0.25) is 4.79 Å². The van der Waals surface area contributed by atoms with Crippen LogP contribution in [0.1, 0.15) is 25.7 Å². The first-order chi connectivity index (χ1) is 13.3. The lowest BCUT2D eigenvalue weighted by Crippen LogP contribution is -2.55. The zero-order valence-corrected chi connectivity index (χ0v) is 17.6. The van der Waals surface area contributed by atoms with Crippen molar-refractivity contribution in [2.75, 3.05) is 26.3 Å². The van der Waals surface area contributed by atoms with E-state index in [0.717, 1.165) is 0 Å². The van der Waals surface area contributed by atoms with Crippen molar-refractivity contribution in [1.82, 2.24) is 9.21 Å². The molecule has 3 rings (SSSR count). The Bertz CT molecular complexity index is 815. The first kappa shape index (κ1) is 21.8. The molecular weight excluding hydrogens is 427 g/mol. The molecule has 0 unspecified atom stereocenters. The van der Waals surface area contributed by atoms with E-state index in [0.29, 0.717) is 32.2 Å². The van der Waals surface area contributed by atoms with Crippen molar-refractivity contribution in [3.05, 3.63) is 28.2 Å². The fourth-order valence-corrected chi connectivity index (χ4v) is 6.79. The Labute approximate surface area is 174 Å². The van der Waals surface area contributed by atoms with Crippen LogP contribution in [0.5, 0.6) is 0 Å². The highest BCUT2D eigenvalue weighted by atomic mass is 35.5. The van der Waals surface area contributed by atoms with Crippen molar-refractivity contribution in [3.8, 4) is 0 Å². The molecule has 0 saturated carbocycles. The number of hydrogen-bond acceptors (Lipinski definition) is 5. The molecule has 1 amide bonds. The average molecular weight is 451 g/mol. The standard InChI is InChI=1S/C18H24Cl2N2O5S/c19-13-7-14(20)9-15(8-13)28(26,27)22-16-3-1-4-17(22)18(25)21(5-2-6-23)10-12(16)11-24/h7-9,12,16-17,23-24H,1-6,10-11H2/t12-,16+,17-/m0/s1. The second kappa shape index (κ2) is 8.85. The van der Waals surface area contributed by atoms with Crippen molar-refractivity contribution < 1.29 is 23.4 Å². The van der Waals surface area contributed by atoms with Crippen molar-refractivity contribution in [1.29, 1.82) is 0 Å². The molecule has 2 N–H and O–H groups in total. The van der Waals surface area contributed by atoms with Gasteiger partial charge in [0.2, 0.25) is 15.9 Å². The molecular formula is C18H24Cl2N2O5S. The Morgan fingerprint density at radius 3 is 2.39 bits per heavy atom. The van der Waals surface area contributed by atoms with Crippen molar-refractivity contribution in [3.63, 3.8) is 0 Å². The number of rotatable bonds is 6. The molecule has 2 heterocycles. The van der Waals surface area contributed by atoms with Gasteiger partial charge in [0, 0.05) is 48.3 Å². The molecule has 0 spiro atoms. The van der Waals surface area contributed by atoms with Gasteiger partial charge in [-0.2, -0.15) is 4.31 Å². The third-order valence-electron chi connectivity index (χ3n) is 5.44. The number of amides is 1. The molecule has 0 aliphatic carbocycles. The van der Waals surface area contributed by atoms with Crippen molar-refractivity contribution >= 4 is 39.1 Å². The molecule has 7 nitrogen and oxygen atoms in total. The van der Waals surface area contributed by atoms with Gasteiger partial charge in [-0.05, 0) is 43.9 Å². The summed E-state index contributed by atoms with van der Waals surface area (Å²) in [5, 5.41) is 19.5. The second-order valence-electron chi connectivity index (χ2n) is 7.26. The van der Waals surface area contributed by atoms with Crippen LogP contribution in [0.3, 0.4) is 0 Å². The summed E-state index contributed by atoms with van der Waals surface area (Å²) in [6, 6.07) is 2.77. The molecule has 1 aromatic carbocycles. The van der Waals surface area contributed by atoms with E-state index in [9.17, 15) is 18.3 Å². The van der Waals surface area contributed by atoms with E-state index < -0.39 is 28.0 Å². The number of aliphatic hydroxyl groups excluding tert-OH is 2. The molecule has 2 bridgehead atoms. The highest BCUT2D eigenvalue weighted by Gasteiger charge is 2.49. The first-order valence-corrected chi connectivity index (χ1v) is 11.5. The van der Waals surface area contributed by atoms with Crippen molar-refractivity contribution in [2.45, 2.75) is 42.7 Å². The van der Waals surface area contributed by atoms with Gasteiger partial charge in [-0.1, -0.05) is 23.2 Å². The molecule has 3 atom stereocenters. The van der Waals surface area contributed by atoms with Gasteiger partial charge in [0.05, 0.1) is 4.90 Å². The van der Waals surface area contributed by atoms with E-state index in [1.54, 1.807) is 4.90 Å². The third kappa shape index (κ3) is 4.17. The summed E-state index contributed by atoms with van der Waals surface area (Å²) in [5.74, 6) is -0.692. The monoisotopic (exact) mass is 450 g/mol. The lowest BCUT2D eigenvalue weighted by Gasteiger charge is -2.40. The summed E-state index contributed by atoms with van der Waals surface area (Å²) in [7, 11) is -4.05. The molecule has 2 fully saturated rings. The summed E-state index contributed by atoms with van der Waals surface area (Å²) in [5.41, 5.74) is 0. The van der Waals surface area contributed by atoms with Gasteiger partial charge in [0.25, 0.3) is 0 Å². The van der Waals surface area contributed by atoms with E-state index in [1.165, 1.54) is 22.5 Å². The van der Waals surface area contributed by atoms with Gasteiger partial charge < -0.3 is 15.1 Å². The Morgan fingerprint density at radius 2 is 1.79 bits per heavy atom. The fraction of sp³-hybridized carbons (Fsp3) is 0.611. The number of sulfonamides is 1. The smallest absolute Gasteiger partial charge is 0.244 e. The van der Waals surface area contributed by atoms with Crippen LogP contribution in [0.2, 0.25) is 10.0 Å². The maximum Gasteiger partial charge on any atom is 0.244 e. The lowest BCUT2D eigenvalue weighted by molar-refractivity contribution is -0.135. The lowest BCUT2D eigenvalue weighted by atomic mass is 9.91. The van der Waals surface area contributed by atoms with Crippen LogP contribution in [-0.2, 0) is 14.8 Å². The predicted octanol–water partition coefficient (Wildman–Crippen LogP) is 1.74. The van der Waals surface area contributed by atoms with Crippen LogP contribution in [-0.4, -0.2) is 72.1 Å². The average Bonchev–Trinajstić information content (AvgIpc) is 2.72. The molecule has 2 aliphatic rings. The summed E-state index contributed by atoms with van der Waals surface area (Å²) in [4.78, 5) is 14.7. The number of carbonyl (C=O) groups excluding carboxylic acids is 1.